The zero-order valence-corrected chi connectivity index (χ0v) is 34.5. The summed E-state index contributed by atoms with van der Waals surface area (Å²) in [7, 11) is 0. The molecule has 0 saturated carbocycles. The molecule has 0 amide bonds. The molecule has 0 fully saturated rings. The number of carboxylic acid groups (broad SMARTS) is 2. The van der Waals surface area contributed by atoms with E-state index in [0.29, 0.717) is 0 Å². The summed E-state index contributed by atoms with van der Waals surface area (Å²) in [6.45, 7) is 4.56. The van der Waals surface area contributed by atoms with Crippen LogP contribution in [0.3, 0.4) is 0 Å². The van der Waals surface area contributed by atoms with Crippen LogP contribution in [0.5, 0.6) is 0 Å². The molecule has 0 N–H and O–H groups in total. The molecule has 0 bridgehead atoms. The summed E-state index contributed by atoms with van der Waals surface area (Å²) >= 11 is 0. The van der Waals surface area contributed by atoms with Gasteiger partial charge in [0.15, 0.2) is 0 Å². The molecule has 0 spiro atoms. The second-order valence-corrected chi connectivity index (χ2v) is 14.3. The largest absolute Gasteiger partial charge is 2.00 e. The van der Waals surface area contributed by atoms with E-state index in [1.54, 1.807) is 12.2 Å². The Hall–Kier alpha value is -0.814. The van der Waals surface area contributed by atoms with E-state index in [1.165, 1.54) is 205 Å². The number of unbranched alkanes of at least 4 members (excludes halogenated alkanes) is 34. The summed E-state index contributed by atoms with van der Waals surface area (Å²) in [6.07, 6.45) is 54.2. The molecule has 0 saturated heterocycles. The molecule has 5 heteroatoms. The minimum Gasteiger partial charge on any atom is -0.545 e. The summed E-state index contributed by atoms with van der Waals surface area (Å²) in [5.74, 6) is -2.16. The maximum Gasteiger partial charge on any atom is 2.00 e. The zero-order chi connectivity index (χ0) is 35.4. The molecule has 49 heavy (non-hydrogen) atoms. The summed E-state index contributed by atoms with van der Waals surface area (Å²) < 4.78 is 0. The van der Waals surface area contributed by atoms with Gasteiger partial charge in [-0.2, -0.15) is 0 Å². The van der Waals surface area contributed by atoms with E-state index in [-0.39, 0.29) is 23.1 Å². The molecule has 0 unspecified atom stereocenters. The summed E-state index contributed by atoms with van der Waals surface area (Å²) in [6, 6.07) is 0. The first-order chi connectivity index (χ1) is 23.5. The summed E-state index contributed by atoms with van der Waals surface area (Å²) in [5, 5.41) is 20.4. The van der Waals surface area contributed by atoms with E-state index >= 15 is 0 Å². The van der Waals surface area contributed by atoms with Crippen molar-refractivity contribution in [1.29, 1.82) is 0 Å². The molecule has 0 aromatic heterocycles. The predicted octanol–water partition coefficient (Wildman–Crippen LogP) is 12.3. The Balaban J connectivity index is -0.000000846. The molecule has 0 aliphatic heterocycles. The molecule has 0 heterocycles. The van der Waals surface area contributed by atoms with Crippen LogP contribution < -0.4 is 10.2 Å². The molecule has 0 radical (unpaired) electrons. The Morgan fingerprint density at radius 2 is 0.490 bits per heavy atom. The average Bonchev–Trinajstić information content (AvgIpc) is 3.07. The standard InChI is InChI=1S/2C22H42O2.Mg/c2*1-2-3-4-5-6-7-8-9-10-11-12-13-14-15-16-17-18-19-20-21-22(23)24;/h2*20-21H,2-19H2,1H3,(H,23,24);/q;;+2/p-2. The van der Waals surface area contributed by atoms with Crippen LogP contribution in [-0.4, -0.2) is 35.0 Å². The van der Waals surface area contributed by atoms with Crippen molar-refractivity contribution < 1.29 is 19.8 Å². The van der Waals surface area contributed by atoms with Gasteiger partial charge in [-0.15, -0.1) is 0 Å². The Morgan fingerprint density at radius 3 is 0.653 bits per heavy atom. The van der Waals surface area contributed by atoms with Crippen LogP contribution in [0.2, 0.25) is 0 Å². The second-order valence-electron chi connectivity index (χ2n) is 14.3. The van der Waals surface area contributed by atoms with Crippen molar-refractivity contribution >= 4 is 35.0 Å². The molecule has 284 valence electrons. The van der Waals surface area contributed by atoms with E-state index in [1.807, 2.05) is 0 Å². The van der Waals surface area contributed by atoms with Crippen LogP contribution >= 0.6 is 0 Å². The first-order valence-corrected chi connectivity index (χ1v) is 21.3. The number of aliphatic carboxylic acids is 2. The van der Waals surface area contributed by atoms with Gasteiger partial charge in [0.2, 0.25) is 0 Å². The molecule has 4 nitrogen and oxygen atoms in total. The van der Waals surface area contributed by atoms with Crippen LogP contribution in [0.4, 0.5) is 0 Å². The van der Waals surface area contributed by atoms with Crippen molar-refractivity contribution in [2.24, 2.45) is 0 Å². The van der Waals surface area contributed by atoms with Gasteiger partial charge in [-0.1, -0.05) is 231 Å². The molecule has 0 aromatic rings. The van der Waals surface area contributed by atoms with Gasteiger partial charge in [0.05, 0.1) is 11.9 Å². The number of allylic oxidation sites excluding steroid dienone is 2. The van der Waals surface area contributed by atoms with Gasteiger partial charge >= 0.3 is 23.1 Å². The van der Waals surface area contributed by atoms with E-state index in [0.717, 1.165) is 37.8 Å². The molecular formula is C44H82MgO4. The van der Waals surface area contributed by atoms with E-state index in [4.69, 9.17) is 0 Å². The molecular weight excluding hydrogens is 617 g/mol. The number of hydrogen-bond donors (Lipinski definition) is 0. The average molecular weight is 699 g/mol. The first-order valence-electron chi connectivity index (χ1n) is 21.3. The van der Waals surface area contributed by atoms with E-state index in [9.17, 15) is 19.8 Å². The number of carbonyl (C=O) groups excluding carboxylic acids is 2. The number of carboxylic acids is 2. The van der Waals surface area contributed by atoms with Crippen molar-refractivity contribution in [2.45, 2.75) is 245 Å². The monoisotopic (exact) mass is 699 g/mol. The number of rotatable bonds is 38. The van der Waals surface area contributed by atoms with Crippen LogP contribution in [0.1, 0.15) is 245 Å². The third-order valence-electron chi connectivity index (χ3n) is 9.46. The zero-order valence-electron chi connectivity index (χ0n) is 33.1. The smallest absolute Gasteiger partial charge is 0.545 e. The minimum absolute atomic E-state index is 0. The SMILES string of the molecule is CCCCCCCCCCCCCCCCCCCC=CC(=O)[O-].CCCCCCCCCCCCCCCCCCCC=CC(=O)[O-].[Mg+2]. The van der Waals surface area contributed by atoms with Crippen molar-refractivity contribution in [3.05, 3.63) is 24.3 Å². The van der Waals surface area contributed by atoms with Gasteiger partial charge in [0.1, 0.15) is 0 Å². The fourth-order valence-electron chi connectivity index (χ4n) is 6.33. The molecule has 0 atom stereocenters. The van der Waals surface area contributed by atoms with Gasteiger partial charge in [-0.3, -0.25) is 0 Å². The fourth-order valence-corrected chi connectivity index (χ4v) is 6.33. The number of hydrogen-bond acceptors (Lipinski definition) is 4. The molecule has 0 aliphatic rings. The van der Waals surface area contributed by atoms with E-state index < -0.39 is 11.9 Å². The fraction of sp³-hybridized carbons (Fsp3) is 0.864. The van der Waals surface area contributed by atoms with Crippen LogP contribution in [0, 0.1) is 0 Å². The van der Waals surface area contributed by atoms with Crippen molar-refractivity contribution in [3.8, 4) is 0 Å². The molecule has 0 rings (SSSR count). The van der Waals surface area contributed by atoms with Gasteiger partial charge < -0.3 is 19.8 Å². The minimum atomic E-state index is -1.08. The Labute approximate surface area is 322 Å². The first kappa shape index (κ1) is 52.5. The Morgan fingerprint density at radius 1 is 0.327 bits per heavy atom. The molecule has 0 aliphatic carbocycles. The van der Waals surface area contributed by atoms with Crippen molar-refractivity contribution in [2.75, 3.05) is 0 Å². The maximum atomic E-state index is 10.2. The third-order valence-corrected chi connectivity index (χ3v) is 9.46. The third kappa shape index (κ3) is 56.8. The Kier molecular flexibility index (Phi) is 52.9. The van der Waals surface area contributed by atoms with Gasteiger partial charge in [-0.05, 0) is 37.8 Å². The summed E-state index contributed by atoms with van der Waals surface area (Å²) in [4.78, 5) is 20.4. The quantitative estimate of drug-likeness (QED) is 0.0365. The van der Waals surface area contributed by atoms with Gasteiger partial charge in [0.25, 0.3) is 0 Å². The van der Waals surface area contributed by atoms with E-state index in [2.05, 4.69) is 13.8 Å². The van der Waals surface area contributed by atoms with Crippen molar-refractivity contribution in [3.63, 3.8) is 0 Å². The van der Waals surface area contributed by atoms with Crippen LogP contribution in [0.15, 0.2) is 24.3 Å². The molecule has 0 aromatic carbocycles. The topological polar surface area (TPSA) is 80.3 Å². The second kappa shape index (κ2) is 49.3. The van der Waals surface area contributed by atoms with Gasteiger partial charge in [0, 0.05) is 0 Å². The van der Waals surface area contributed by atoms with Crippen LogP contribution in [-0.2, 0) is 9.59 Å². The predicted molar refractivity (Wildman–Crippen MR) is 212 cm³/mol. The van der Waals surface area contributed by atoms with Gasteiger partial charge in [-0.25, -0.2) is 0 Å². The van der Waals surface area contributed by atoms with Crippen LogP contribution in [0.25, 0.3) is 0 Å². The normalized spacial score (nSPS) is 11.1. The maximum absolute atomic E-state index is 10.2. The number of carbonyl (C=O) groups is 2. The Bertz CT molecular complexity index is 632. The van der Waals surface area contributed by atoms with Crippen molar-refractivity contribution in [1.82, 2.24) is 0 Å². The summed E-state index contributed by atoms with van der Waals surface area (Å²) in [5.41, 5.74) is 0.